The largest absolute Gasteiger partial charge is 0.349 e. The average Bonchev–Trinajstić information content (AvgIpc) is 2.65. The predicted molar refractivity (Wildman–Crippen MR) is 107 cm³/mol. The molecule has 0 spiro atoms. The number of likely N-dealkylation sites (tertiary alicyclic amines) is 1. The molecule has 3 rings (SSSR count). The zero-order valence-corrected chi connectivity index (χ0v) is 15.9. The number of hydrogen-bond acceptors (Lipinski definition) is 1. The molecule has 1 saturated heterocycles. The van der Waals surface area contributed by atoms with Gasteiger partial charge in [-0.1, -0.05) is 53.6 Å². The third-order valence-corrected chi connectivity index (χ3v) is 5.16. The molecular weight excluding hydrogens is 344 g/mol. The van der Waals surface area contributed by atoms with Gasteiger partial charge in [0.2, 0.25) is 5.91 Å². The molecule has 2 N–H and O–H groups in total. The molecule has 0 atom stereocenters. The number of carbonyl (C=O) groups excluding carboxylic acids is 1. The van der Waals surface area contributed by atoms with E-state index in [0.717, 1.165) is 43.1 Å². The van der Waals surface area contributed by atoms with Crippen LogP contribution in [0.15, 0.2) is 54.6 Å². The number of rotatable bonds is 5. The van der Waals surface area contributed by atoms with Crippen molar-refractivity contribution in [1.29, 1.82) is 0 Å². The van der Waals surface area contributed by atoms with Crippen LogP contribution in [-0.2, 0) is 11.3 Å². The summed E-state index contributed by atoms with van der Waals surface area (Å²) in [6.07, 6.45) is 5.55. The second-order valence-corrected chi connectivity index (χ2v) is 7.52. The zero-order chi connectivity index (χ0) is 18.4. The third kappa shape index (κ3) is 5.72. The average molecular weight is 370 g/mol. The summed E-state index contributed by atoms with van der Waals surface area (Å²) in [4.78, 5) is 13.7. The van der Waals surface area contributed by atoms with Gasteiger partial charge >= 0.3 is 0 Å². The predicted octanol–water partition coefficient (Wildman–Crippen LogP) is 3.03. The molecule has 0 unspecified atom stereocenters. The lowest BCUT2D eigenvalue weighted by atomic mass is 10.0. The Hall–Kier alpha value is -2.10. The molecule has 1 heterocycles. The smallest absolute Gasteiger partial charge is 0.244 e. The Labute approximate surface area is 160 Å². The lowest BCUT2D eigenvalue weighted by Crippen LogP contribution is -3.12. The highest BCUT2D eigenvalue weighted by atomic mass is 35.5. The van der Waals surface area contributed by atoms with Gasteiger partial charge < -0.3 is 10.2 Å². The third-order valence-electron chi connectivity index (χ3n) is 4.91. The number of nitrogens with one attached hydrogen (secondary N) is 2. The van der Waals surface area contributed by atoms with Gasteiger partial charge in [-0.25, -0.2) is 0 Å². The van der Waals surface area contributed by atoms with Gasteiger partial charge in [-0.3, -0.25) is 4.79 Å². The number of piperidine rings is 1. The van der Waals surface area contributed by atoms with E-state index < -0.39 is 0 Å². The number of quaternary nitrogens is 1. The van der Waals surface area contributed by atoms with E-state index in [4.69, 9.17) is 11.6 Å². The van der Waals surface area contributed by atoms with Crippen LogP contribution in [0.4, 0.5) is 0 Å². The summed E-state index contributed by atoms with van der Waals surface area (Å²) in [6.45, 7) is 5.23. The lowest BCUT2D eigenvalue weighted by Gasteiger charge is -2.29. The summed E-state index contributed by atoms with van der Waals surface area (Å²) in [5.41, 5.74) is 3.58. The number of carbonyl (C=O) groups is 1. The van der Waals surface area contributed by atoms with E-state index in [0.29, 0.717) is 0 Å². The van der Waals surface area contributed by atoms with Crippen LogP contribution >= 0.6 is 11.6 Å². The number of halogens is 1. The highest BCUT2D eigenvalue weighted by molar-refractivity contribution is 6.30. The normalized spacial score (nSPS) is 20.2. The summed E-state index contributed by atoms with van der Waals surface area (Å²) < 4.78 is 0. The van der Waals surface area contributed by atoms with Gasteiger partial charge in [0.1, 0.15) is 6.54 Å². The molecule has 26 heavy (non-hydrogen) atoms. The first-order chi connectivity index (χ1) is 12.6. The zero-order valence-electron chi connectivity index (χ0n) is 15.2. The summed E-state index contributed by atoms with van der Waals surface area (Å²) >= 11 is 5.94. The molecular formula is C22H26ClN2O+. The number of amides is 1. The van der Waals surface area contributed by atoms with Crippen molar-refractivity contribution in [2.24, 2.45) is 0 Å². The fourth-order valence-corrected chi connectivity index (χ4v) is 3.46. The molecule has 0 aliphatic carbocycles. The van der Waals surface area contributed by atoms with E-state index in [1.165, 1.54) is 11.1 Å². The summed E-state index contributed by atoms with van der Waals surface area (Å²) in [5, 5.41) is 3.92. The molecule has 3 nitrogen and oxygen atoms in total. The molecule has 0 bridgehead atoms. The highest BCUT2D eigenvalue weighted by Gasteiger charge is 2.22. The van der Waals surface area contributed by atoms with Crippen LogP contribution in [0.2, 0.25) is 5.02 Å². The maximum Gasteiger partial charge on any atom is 0.244 e. The van der Waals surface area contributed by atoms with Gasteiger partial charge in [-0.15, -0.1) is 0 Å². The first-order valence-electron chi connectivity index (χ1n) is 9.22. The minimum Gasteiger partial charge on any atom is -0.349 e. The second-order valence-electron chi connectivity index (χ2n) is 7.08. The summed E-state index contributed by atoms with van der Waals surface area (Å²) in [7, 11) is 0. The fraction of sp³-hybridized carbons (Fsp3) is 0.318. The van der Waals surface area contributed by atoms with E-state index in [9.17, 15) is 4.79 Å². The Kier molecular flexibility index (Phi) is 6.48. The quantitative estimate of drug-likeness (QED) is 0.780. The molecule has 136 valence electrons. The van der Waals surface area contributed by atoms with Crippen molar-refractivity contribution in [3.05, 3.63) is 76.3 Å². The Morgan fingerprint density at radius 1 is 1.12 bits per heavy atom. The highest BCUT2D eigenvalue weighted by Crippen LogP contribution is 2.09. The molecule has 1 aliphatic heterocycles. The van der Waals surface area contributed by atoms with Gasteiger partial charge in [0.25, 0.3) is 0 Å². The minimum atomic E-state index is -0.00303. The molecule has 2 aromatic rings. The van der Waals surface area contributed by atoms with Crippen molar-refractivity contribution in [2.75, 3.05) is 13.1 Å². The van der Waals surface area contributed by atoms with Crippen LogP contribution < -0.4 is 10.2 Å². The van der Waals surface area contributed by atoms with Crippen molar-refractivity contribution in [3.63, 3.8) is 0 Å². The molecule has 0 saturated carbocycles. The van der Waals surface area contributed by atoms with Crippen LogP contribution in [0.1, 0.15) is 29.5 Å². The van der Waals surface area contributed by atoms with Crippen LogP contribution in [-0.4, -0.2) is 25.0 Å². The van der Waals surface area contributed by atoms with E-state index in [1.54, 1.807) is 11.0 Å². The maximum absolute atomic E-state index is 12.1. The van der Waals surface area contributed by atoms with E-state index in [2.05, 4.69) is 36.5 Å². The van der Waals surface area contributed by atoms with Crippen LogP contribution in [0.25, 0.3) is 6.08 Å². The van der Waals surface area contributed by atoms with Crippen molar-refractivity contribution >= 4 is 23.6 Å². The monoisotopic (exact) mass is 369 g/mol. The van der Waals surface area contributed by atoms with Crippen molar-refractivity contribution in [3.8, 4) is 0 Å². The fourth-order valence-electron chi connectivity index (χ4n) is 3.34. The number of benzene rings is 2. The van der Waals surface area contributed by atoms with Gasteiger partial charge in [0.15, 0.2) is 0 Å². The van der Waals surface area contributed by atoms with Crippen LogP contribution in [0, 0.1) is 6.92 Å². The first-order valence-corrected chi connectivity index (χ1v) is 9.59. The molecule has 2 aromatic carbocycles. The minimum absolute atomic E-state index is 0.00303. The van der Waals surface area contributed by atoms with Gasteiger partial charge in [-0.2, -0.15) is 0 Å². The summed E-state index contributed by atoms with van der Waals surface area (Å²) in [5.74, 6) is -0.00303. The van der Waals surface area contributed by atoms with E-state index in [1.807, 2.05) is 30.3 Å². The van der Waals surface area contributed by atoms with Crippen molar-refractivity contribution in [1.82, 2.24) is 5.32 Å². The Bertz CT molecular complexity index is 745. The maximum atomic E-state index is 12.1. The Morgan fingerprint density at radius 2 is 1.77 bits per heavy atom. The Morgan fingerprint density at radius 3 is 2.42 bits per heavy atom. The van der Waals surface area contributed by atoms with Crippen molar-refractivity contribution < 1.29 is 9.69 Å². The van der Waals surface area contributed by atoms with Gasteiger partial charge in [0, 0.05) is 35.5 Å². The van der Waals surface area contributed by atoms with E-state index >= 15 is 0 Å². The van der Waals surface area contributed by atoms with Gasteiger partial charge in [0.05, 0.1) is 13.1 Å². The van der Waals surface area contributed by atoms with Crippen LogP contribution in [0.3, 0.4) is 0 Å². The lowest BCUT2D eigenvalue weighted by molar-refractivity contribution is -0.918. The Balaban J connectivity index is 1.42. The van der Waals surface area contributed by atoms with Gasteiger partial charge in [-0.05, 0) is 30.7 Å². The summed E-state index contributed by atoms with van der Waals surface area (Å²) in [6, 6.07) is 16.5. The molecule has 0 aromatic heterocycles. The molecule has 4 heteroatoms. The SMILES string of the molecule is Cc1ccc(/C=C/C(=O)NC2CC[NH+](Cc3ccc(Cl)cc3)CC2)cc1. The van der Waals surface area contributed by atoms with E-state index in [-0.39, 0.29) is 11.9 Å². The first kappa shape index (κ1) is 18.7. The standard InChI is InChI=1S/C22H25ClN2O/c1-17-2-4-18(5-3-17)8-11-22(26)24-21-12-14-25(15-13-21)16-19-6-9-20(23)10-7-19/h2-11,21H,12-16H2,1H3,(H,24,26)/p+1/b11-8+. The van der Waals surface area contributed by atoms with Crippen LogP contribution in [0.5, 0.6) is 0 Å². The topological polar surface area (TPSA) is 33.5 Å². The molecule has 0 radical (unpaired) electrons. The molecule has 1 aliphatic rings. The second kappa shape index (κ2) is 9.02. The molecule has 1 fully saturated rings. The van der Waals surface area contributed by atoms with Crippen molar-refractivity contribution in [2.45, 2.75) is 32.4 Å². The molecule has 1 amide bonds. The number of hydrogen-bond donors (Lipinski definition) is 2. The number of aryl methyl sites for hydroxylation is 1.